The minimum absolute atomic E-state index is 0.00279. The molecule has 1 amide bonds. The Morgan fingerprint density at radius 2 is 1.90 bits per heavy atom. The Morgan fingerprint density at radius 1 is 1.30 bits per heavy atom. The van der Waals surface area contributed by atoms with Gasteiger partial charge in [0.05, 0.1) is 5.56 Å². The summed E-state index contributed by atoms with van der Waals surface area (Å²) in [5.41, 5.74) is -0.500. The van der Waals surface area contributed by atoms with Crippen LogP contribution in [0.25, 0.3) is 0 Å². The normalized spacial score (nSPS) is 15.8. The highest BCUT2D eigenvalue weighted by atomic mass is 35.7. The summed E-state index contributed by atoms with van der Waals surface area (Å²) < 4.78 is 49.5. The summed E-state index contributed by atoms with van der Waals surface area (Å²) in [4.78, 5) is 12.6. The molecule has 1 aliphatic carbocycles. The number of carbonyl (C=O) groups excluding carboxylic acids is 1. The van der Waals surface area contributed by atoms with Gasteiger partial charge >= 0.3 is 0 Å². The average Bonchev–Trinajstić information content (AvgIpc) is 2.23. The van der Waals surface area contributed by atoms with Crippen LogP contribution < -0.4 is 0 Å². The highest BCUT2D eigenvalue weighted by molar-refractivity contribution is 8.13. The zero-order valence-corrected chi connectivity index (χ0v) is 12.1. The van der Waals surface area contributed by atoms with Gasteiger partial charge in [-0.1, -0.05) is 0 Å². The molecule has 0 unspecified atom stereocenters. The standard InChI is InChI=1S/C12H12ClF2NO3S/c1-16(7-3-2-4-7)12(17)8-5-11(20(13,18)19)10(15)6-9(8)14/h5-7H,2-4H2,1H3. The van der Waals surface area contributed by atoms with Crippen LogP contribution in [0.2, 0.25) is 0 Å². The van der Waals surface area contributed by atoms with E-state index in [9.17, 15) is 22.0 Å². The van der Waals surface area contributed by atoms with E-state index in [1.807, 2.05) is 0 Å². The maximum atomic E-state index is 13.7. The number of hydrogen-bond acceptors (Lipinski definition) is 3. The fourth-order valence-electron chi connectivity index (χ4n) is 2.01. The molecular formula is C12H12ClF2NO3S. The van der Waals surface area contributed by atoms with Gasteiger partial charge in [0.25, 0.3) is 15.0 Å². The summed E-state index contributed by atoms with van der Waals surface area (Å²) in [6.07, 6.45) is 2.60. The van der Waals surface area contributed by atoms with E-state index in [0.29, 0.717) is 12.1 Å². The minimum atomic E-state index is -4.38. The van der Waals surface area contributed by atoms with Crippen molar-refractivity contribution in [1.29, 1.82) is 0 Å². The molecule has 20 heavy (non-hydrogen) atoms. The van der Waals surface area contributed by atoms with Crippen LogP contribution in [0.4, 0.5) is 8.78 Å². The van der Waals surface area contributed by atoms with E-state index in [2.05, 4.69) is 0 Å². The van der Waals surface area contributed by atoms with Gasteiger partial charge in [-0.25, -0.2) is 17.2 Å². The van der Waals surface area contributed by atoms with Crippen LogP contribution in [0.3, 0.4) is 0 Å². The summed E-state index contributed by atoms with van der Waals surface area (Å²) >= 11 is 0. The summed E-state index contributed by atoms with van der Waals surface area (Å²) in [7, 11) is 2.18. The molecule has 1 fully saturated rings. The lowest BCUT2D eigenvalue weighted by molar-refractivity contribution is 0.0647. The first-order valence-electron chi connectivity index (χ1n) is 5.92. The molecule has 0 atom stereocenters. The van der Waals surface area contributed by atoms with Crippen molar-refractivity contribution in [2.24, 2.45) is 0 Å². The molecule has 0 saturated heterocycles. The maximum absolute atomic E-state index is 13.7. The molecule has 0 aliphatic heterocycles. The molecule has 0 spiro atoms. The van der Waals surface area contributed by atoms with Gasteiger partial charge in [0.1, 0.15) is 16.5 Å². The van der Waals surface area contributed by atoms with Crippen LogP contribution in [-0.4, -0.2) is 32.3 Å². The van der Waals surface area contributed by atoms with Gasteiger partial charge in [-0.05, 0) is 25.3 Å². The first kappa shape index (κ1) is 15.2. The number of hydrogen-bond donors (Lipinski definition) is 0. The van der Waals surface area contributed by atoms with Crippen molar-refractivity contribution in [3.05, 3.63) is 29.3 Å². The molecule has 0 aromatic heterocycles. The largest absolute Gasteiger partial charge is 0.339 e. The fourth-order valence-corrected chi connectivity index (χ4v) is 2.91. The Bertz CT molecular complexity index is 659. The first-order chi connectivity index (χ1) is 9.21. The van der Waals surface area contributed by atoms with Crippen molar-refractivity contribution in [1.82, 2.24) is 4.90 Å². The zero-order valence-electron chi connectivity index (χ0n) is 10.6. The van der Waals surface area contributed by atoms with Crippen LogP contribution in [-0.2, 0) is 9.05 Å². The van der Waals surface area contributed by atoms with E-state index in [0.717, 1.165) is 19.3 Å². The number of benzene rings is 1. The third-order valence-corrected chi connectivity index (χ3v) is 4.79. The van der Waals surface area contributed by atoms with Crippen LogP contribution in [0.15, 0.2) is 17.0 Å². The molecule has 8 heteroatoms. The van der Waals surface area contributed by atoms with E-state index in [1.54, 1.807) is 0 Å². The summed E-state index contributed by atoms with van der Waals surface area (Å²) in [6.45, 7) is 0. The predicted molar refractivity (Wildman–Crippen MR) is 69.1 cm³/mol. The van der Waals surface area contributed by atoms with E-state index in [1.165, 1.54) is 11.9 Å². The number of nitrogens with zero attached hydrogens (tertiary/aromatic N) is 1. The SMILES string of the molecule is CN(C(=O)c1cc(S(=O)(=O)Cl)c(F)cc1F)C1CCC1. The van der Waals surface area contributed by atoms with Crippen LogP contribution in [0.1, 0.15) is 29.6 Å². The summed E-state index contributed by atoms with van der Waals surface area (Å²) in [6, 6.07) is 1.00. The molecule has 1 aromatic rings. The molecule has 1 aromatic carbocycles. The van der Waals surface area contributed by atoms with Gasteiger partial charge in [-0.15, -0.1) is 0 Å². The molecular weight excluding hydrogens is 312 g/mol. The Labute approximate surface area is 119 Å². The average molecular weight is 324 g/mol. The molecule has 0 bridgehead atoms. The lowest BCUT2D eigenvalue weighted by atomic mass is 9.91. The van der Waals surface area contributed by atoms with Crippen LogP contribution in [0, 0.1) is 11.6 Å². The van der Waals surface area contributed by atoms with Crippen molar-refractivity contribution in [2.45, 2.75) is 30.2 Å². The lowest BCUT2D eigenvalue weighted by Crippen LogP contribution is -2.41. The maximum Gasteiger partial charge on any atom is 0.264 e. The molecule has 110 valence electrons. The van der Waals surface area contributed by atoms with Gasteiger partial charge in [0.2, 0.25) is 0 Å². The van der Waals surface area contributed by atoms with E-state index in [4.69, 9.17) is 10.7 Å². The van der Waals surface area contributed by atoms with Gasteiger partial charge in [-0.3, -0.25) is 4.79 Å². The topological polar surface area (TPSA) is 54.5 Å². The third-order valence-electron chi connectivity index (χ3n) is 3.46. The molecule has 2 rings (SSSR count). The van der Waals surface area contributed by atoms with Gasteiger partial charge in [0, 0.05) is 29.8 Å². The number of rotatable bonds is 3. The number of amides is 1. The quantitative estimate of drug-likeness (QED) is 0.803. The van der Waals surface area contributed by atoms with Crippen molar-refractivity contribution in [3.63, 3.8) is 0 Å². The van der Waals surface area contributed by atoms with Gasteiger partial charge < -0.3 is 4.90 Å². The van der Waals surface area contributed by atoms with Crippen molar-refractivity contribution >= 4 is 25.6 Å². The van der Waals surface area contributed by atoms with Crippen molar-refractivity contribution in [3.8, 4) is 0 Å². The van der Waals surface area contributed by atoms with Gasteiger partial charge in [0.15, 0.2) is 0 Å². The third kappa shape index (κ3) is 2.78. The number of carbonyl (C=O) groups is 1. The Balaban J connectivity index is 2.43. The monoisotopic (exact) mass is 323 g/mol. The first-order valence-corrected chi connectivity index (χ1v) is 8.23. The fraction of sp³-hybridized carbons (Fsp3) is 0.417. The van der Waals surface area contributed by atoms with Crippen LogP contribution >= 0.6 is 10.7 Å². The van der Waals surface area contributed by atoms with Crippen molar-refractivity contribution in [2.75, 3.05) is 7.05 Å². The second kappa shape index (κ2) is 5.29. The second-order valence-electron chi connectivity index (χ2n) is 4.70. The summed E-state index contributed by atoms with van der Waals surface area (Å²) in [5, 5.41) is 0. The van der Waals surface area contributed by atoms with Crippen LogP contribution in [0.5, 0.6) is 0 Å². The van der Waals surface area contributed by atoms with E-state index >= 15 is 0 Å². The summed E-state index contributed by atoms with van der Waals surface area (Å²) in [5.74, 6) is -3.11. The predicted octanol–water partition coefficient (Wildman–Crippen LogP) is 2.52. The molecule has 0 heterocycles. The molecule has 0 radical (unpaired) electrons. The highest BCUT2D eigenvalue weighted by Gasteiger charge is 2.29. The molecule has 0 N–H and O–H groups in total. The zero-order chi connectivity index (χ0) is 15.1. The smallest absolute Gasteiger partial charge is 0.264 e. The minimum Gasteiger partial charge on any atom is -0.339 e. The van der Waals surface area contributed by atoms with E-state index < -0.39 is 37.1 Å². The Morgan fingerprint density at radius 3 is 2.35 bits per heavy atom. The lowest BCUT2D eigenvalue weighted by Gasteiger charge is -2.34. The number of halogens is 3. The van der Waals surface area contributed by atoms with Gasteiger partial charge in [-0.2, -0.15) is 0 Å². The second-order valence-corrected chi connectivity index (χ2v) is 7.24. The molecule has 1 saturated carbocycles. The van der Waals surface area contributed by atoms with E-state index in [-0.39, 0.29) is 6.04 Å². The Kier molecular flexibility index (Phi) is 4.02. The van der Waals surface area contributed by atoms with Crippen molar-refractivity contribution < 1.29 is 22.0 Å². The Hall–Kier alpha value is -1.21. The molecule has 1 aliphatic rings. The highest BCUT2D eigenvalue weighted by Crippen LogP contribution is 2.27. The molecule has 4 nitrogen and oxygen atoms in total.